The third-order valence-corrected chi connectivity index (χ3v) is 3.93. The predicted molar refractivity (Wildman–Crippen MR) is 91.4 cm³/mol. The highest BCUT2D eigenvalue weighted by atomic mass is 79.9. The summed E-state index contributed by atoms with van der Waals surface area (Å²) in [7, 11) is 1.44. The largest absolute Gasteiger partial charge is 0.496 e. The monoisotopic (exact) mass is 396 g/mol. The van der Waals surface area contributed by atoms with Gasteiger partial charge < -0.3 is 9.47 Å². The molecule has 0 radical (unpaired) electrons. The summed E-state index contributed by atoms with van der Waals surface area (Å²) in [6.45, 7) is 1.53. The van der Waals surface area contributed by atoms with Crippen LogP contribution in [-0.4, -0.2) is 25.0 Å². The van der Waals surface area contributed by atoms with Gasteiger partial charge in [-0.3, -0.25) is 4.79 Å². The molecule has 1 atom stereocenters. The molecule has 0 aliphatic heterocycles. The number of benzene rings is 2. The van der Waals surface area contributed by atoms with Crippen molar-refractivity contribution in [2.45, 2.75) is 13.0 Å². The van der Waals surface area contributed by atoms with E-state index in [-0.39, 0.29) is 11.3 Å². The number of carbonyl (C=O) groups is 2. The minimum atomic E-state index is -0.924. The van der Waals surface area contributed by atoms with Crippen LogP contribution in [0.4, 0.5) is 0 Å². The zero-order valence-corrected chi connectivity index (χ0v) is 14.8. The first-order chi connectivity index (χ1) is 10.9. The van der Waals surface area contributed by atoms with E-state index in [9.17, 15) is 9.59 Å². The molecule has 0 fully saturated rings. The Morgan fingerprint density at radius 3 is 2.39 bits per heavy atom. The van der Waals surface area contributed by atoms with E-state index < -0.39 is 12.1 Å². The van der Waals surface area contributed by atoms with Gasteiger partial charge in [0.25, 0.3) is 0 Å². The van der Waals surface area contributed by atoms with Gasteiger partial charge in [-0.05, 0) is 37.3 Å². The van der Waals surface area contributed by atoms with Crippen LogP contribution >= 0.6 is 27.5 Å². The maximum Gasteiger partial charge on any atom is 0.342 e. The predicted octanol–water partition coefficient (Wildman–Crippen LogP) is 4.54. The highest BCUT2D eigenvalue weighted by molar-refractivity contribution is 9.10. The van der Waals surface area contributed by atoms with Gasteiger partial charge in [-0.2, -0.15) is 0 Å². The van der Waals surface area contributed by atoms with Crippen molar-refractivity contribution in [1.82, 2.24) is 0 Å². The number of hydrogen-bond donors (Lipinski definition) is 0. The topological polar surface area (TPSA) is 52.6 Å². The number of Topliss-reactive ketones (excluding diaryl/α,β-unsaturated/α-hetero) is 1. The number of ether oxygens (including phenoxy) is 2. The van der Waals surface area contributed by atoms with E-state index in [1.54, 1.807) is 36.4 Å². The van der Waals surface area contributed by atoms with Gasteiger partial charge in [0.15, 0.2) is 6.10 Å². The second-order valence-corrected chi connectivity index (χ2v) is 6.12. The molecule has 6 heteroatoms. The van der Waals surface area contributed by atoms with Crippen LogP contribution in [0.15, 0.2) is 46.9 Å². The number of ketones is 1. The molecule has 0 saturated heterocycles. The van der Waals surface area contributed by atoms with E-state index in [4.69, 9.17) is 21.1 Å². The second-order valence-electron chi connectivity index (χ2n) is 4.76. The summed E-state index contributed by atoms with van der Waals surface area (Å²) in [4.78, 5) is 24.6. The fourth-order valence-electron chi connectivity index (χ4n) is 1.97. The molecule has 0 aromatic heterocycles. The summed E-state index contributed by atoms with van der Waals surface area (Å²) in [5, 5.41) is 0.379. The summed E-state index contributed by atoms with van der Waals surface area (Å²) < 4.78 is 11.2. The van der Waals surface area contributed by atoms with E-state index in [1.807, 2.05) is 0 Å². The van der Waals surface area contributed by atoms with Gasteiger partial charge in [-0.15, -0.1) is 0 Å². The molecule has 0 heterocycles. The van der Waals surface area contributed by atoms with Crippen LogP contribution in [0.3, 0.4) is 0 Å². The van der Waals surface area contributed by atoms with Crippen LogP contribution in [0.2, 0.25) is 5.02 Å². The minimum absolute atomic E-state index is 0.176. The lowest BCUT2D eigenvalue weighted by atomic mass is 10.1. The van der Waals surface area contributed by atoms with Crippen molar-refractivity contribution in [2.75, 3.05) is 7.11 Å². The maximum atomic E-state index is 12.3. The fourth-order valence-corrected chi connectivity index (χ4v) is 2.40. The summed E-state index contributed by atoms with van der Waals surface area (Å²) in [5.74, 6) is -0.614. The highest BCUT2D eigenvalue weighted by Gasteiger charge is 2.22. The SMILES string of the molecule is COc1ccc(Cl)cc1C(=O)OC(C)C(=O)c1ccc(Br)cc1. The Balaban J connectivity index is 2.15. The fraction of sp³-hybridized carbons (Fsp3) is 0.176. The molecule has 2 aromatic carbocycles. The third-order valence-electron chi connectivity index (χ3n) is 3.16. The molecule has 0 saturated carbocycles. The molecule has 0 spiro atoms. The Bertz CT molecular complexity index is 728. The second kappa shape index (κ2) is 7.62. The van der Waals surface area contributed by atoms with Crippen LogP contribution in [0, 0.1) is 0 Å². The average molecular weight is 398 g/mol. The molecule has 2 rings (SSSR count). The van der Waals surface area contributed by atoms with Gasteiger partial charge in [0, 0.05) is 15.1 Å². The Labute approximate surface area is 147 Å². The molecule has 0 aliphatic rings. The lowest BCUT2D eigenvalue weighted by Gasteiger charge is -2.14. The number of halogens is 2. The number of methoxy groups -OCH3 is 1. The average Bonchev–Trinajstić information content (AvgIpc) is 2.54. The molecule has 0 N–H and O–H groups in total. The van der Waals surface area contributed by atoms with E-state index in [0.29, 0.717) is 16.3 Å². The lowest BCUT2D eigenvalue weighted by Crippen LogP contribution is -2.24. The Hall–Kier alpha value is -1.85. The summed E-state index contributed by atoms with van der Waals surface area (Å²) in [5.41, 5.74) is 0.641. The molecule has 0 aliphatic carbocycles. The van der Waals surface area contributed by atoms with Crippen LogP contribution in [0.5, 0.6) is 5.75 Å². The van der Waals surface area contributed by atoms with Gasteiger partial charge in [0.1, 0.15) is 11.3 Å². The smallest absolute Gasteiger partial charge is 0.342 e. The first-order valence-electron chi connectivity index (χ1n) is 6.76. The normalized spacial score (nSPS) is 11.7. The van der Waals surface area contributed by atoms with E-state index in [1.165, 1.54) is 20.1 Å². The van der Waals surface area contributed by atoms with Gasteiger partial charge in [-0.25, -0.2) is 4.79 Å². The summed E-state index contributed by atoms with van der Waals surface area (Å²) in [6, 6.07) is 11.4. The van der Waals surface area contributed by atoms with Crippen molar-refractivity contribution < 1.29 is 19.1 Å². The van der Waals surface area contributed by atoms with Crippen LogP contribution in [-0.2, 0) is 4.74 Å². The van der Waals surface area contributed by atoms with Crippen LogP contribution in [0.1, 0.15) is 27.6 Å². The van der Waals surface area contributed by atoms with Gasteiger partial charge >= 0.3 is 5.97 Å². The summed E-state index contributed by atoms with van der Waals surface area (Å²) >= 11 is 9.20. The number of hydrogen-bond acceptors (Lipinski definition) is 4. The molecule has 23 heavy (non-hydrogen) atoms. The Morgan fingerprint density at radius 1 is 1.13 bits per heavy atom. The Kier molecular flexibility index (Phi) is 5.80. The van der Waals surface area contributed by atoms with Crippen molar-refractivity contribution in [2.24, 2.45) is 0 Å². The van der Waals surface area contributed by atoms with Crippen molar-refractivity contribution in [1.29, 1.82) is 0 Å². The molecule has 0 bridgehead atoms. The third kappa shape index (κ3) is 4.33. The molecule has 120 valence electrons. The number of esters is 1. The minimum Gasteiger partial charge on any atom is -0.496 e. The maximum absolute atomic E-state index is 12.3. The van der Waals surface area contributed by atoms with Crippen molar-refractivity contribution >= 4 is 39.3 Å². The zero-order valence-electron chi connectivity index (χ0n) is 12.5. The van der Waals surface area contributed by atoms with E-state index in [2.05, 4.69) is 15.9 Å². The first kappa shape index (κ1) is 17.5. The molecular weight excluding hydrogens is 384 g/mol. The van der Waals surface area contributed by atoms with Crippen LogP contribution in [0.25, 0.3) is 0 Å². The molecule has 4 nitrogen and oxygen atoms in total. The van der Waals surface area contributed by atoms with Gasteiger partial charge in [0.05, 0.1) is 7.11 Å². The molecule has 1 unspecified atom stereocenters. The quantitative estimate of drug-likeness (QED) is 0.549. The van der Waals surface area contributed by atoms with Gasteiger partial charge in [0.2, 0.25) is 5.78 Å². The molecular formula is C17H14BrClO4. The van der Waals surface area contributed by atoms with E-state index >= 15 is 0 Å². The lowest BCUT2D eigenvalue weighted by molar-refractivity contribution is 0.0316. The van der Waals surface area contributed by atoms with Crippen molar-refractivity contribution in [3.8, 4) is 5.75 Å². The van der Waals surface area contributed by atoms with Crippen molar-refractivity contribution in [3.05, 3.63) is 63.1 Å². The molecule has 2 aromatic rings. The molecule has 0 amide bonds. The standard InChI is InChI=1S/C17H14BrClO4/c1-10(16(20)11-3-5-12(18)6-4-11)23-17(21)14-9-13(19)7-8-15(14)22-2/h3-10H,1-2H3. The van der Waals surface area contributed by atoms with Crippen LogP contribution < -0.4 is 4.74 Å². The Morgan fingerprint density at radius 2 is 1.78 bits per heavy atom. The van der Waals surface area contributed by atoms with Gasteiger partial charge in [-0.1, -0.05) is 39.7 Å². The highest BCUT2D eigenvalue weighted by Crippen LogP contribution is 2.24. The van der Waals surface area contributed by atoms with Crippen molar-refractivity contribution in [3.63, 3.8) is 0 Å². The zero-order chi connectivity index (χ0) is 17.0. The first-order valence-corrected chi connectivity index (χ1v) is 7.93. The van der Waals surface area contributed by atoms with E-state index in [0.717, 1.165) is 4.47 Å². The summed E-state index contributed by atoms with van der Waals surface area (Å²) in [6.07, 6.45) is -0.924. The number of carbonyl (C=O) groups excluding carboxylic acids is 2. The number of rotatable bonds is 5.